The number of benzene rings is 2. The van der Waals surface area contributed by atoms with E-state index in [1.165, 1.54) is 6.26 Å². The van der Waals surface area contributed by atoms with Gasteiger partial charge < -0.3 is 14.8 Å². The van der Waals surface area contributed by atoms with Crippen LogP contribution in [-0.4, -0.2) is 18.5 Å². The first-order chi connectivity index (χ1) is 12.6. The molecule has 1 aliphatic heterocycles. The van der Waals surface area contributed by atoms with Crippen LogP contribution in [0, 0.1) is 6.92 Å². The van der Waals surface area contributed by atoms with Crippen LogP contribution in [0.5, 0.6) is 5.75 Å². The summed E-state index contributed by atoms with van der Waals surface area (Å²) in [6, 6.07) is 12.4. The third kappa shape index (κ3) is 4.00. The fraction of sp³-hybridized carbons (Fsp3) is 0.143. The molecule has 0 saturated carbocycles. The summed E-state index contributed by atoms with van der Waals surface area (Å²) in [7, 11) is 0. The van der Waals surface area contributed by atoms with Crippen LogP contribution < -0.4 is 10.1 Å². The summed E-state index contributed by atoms with van der Waals surface area (Å²) in [5, 5.41) is 2.80. The Balaban J connectivity index is 1.82. The maximum atomic E-state index is 12.6. The summed E-state index contributed by atoms with van der Waals surface area (Å²) in [6.07, 6.45) is 4.87. The second-order valence-electron chi connectivity index (χ2n) is 5.82. The fourth-order valence-electron chi connectivity index (χ4n) is 2.57. The highest BCUT2D eigenvalue weighted by atomic mass is 16.5. The molecule has 0 aromatic heterocycles. The molecule has 0 radical (unpaired) electrons. The number of aryl methyl sites for hydroxylation is 1. The molecule has 0 saturated heterocycles. The van der Waals surface area contributed by atoms with Crippen LogP contribution in [0.3, 0.4) is 0 Å². The molecule has 2 aromatic rings. The zero-order valence-corrected chi connectivity index (χ0v) is 14.6. The number of carbonyl (C=O) groups excluding carboxylic acids is 2. The van der Waals surface area contributed by atoms with E-state index in [2.05, 4.69) is 5.32 Å². The minimum atomic E-state index is -0.421. The number of amides is 1. The lowest BCUT2D eigenvalue weighted by Crippen LogP contribution is -2.14. The van der Waals surface area contributed by atoms with E-state index < -0.39 is 5.97 Å². The Morgan fingerprint density at radius 2 is 2.00 bits per heavy atom. The lowest BCUT2D eigenvalue weighted by Gasteiger charge is -2.08. The largest absolute Gasteiger partial charge is 0.464 e. The lowest BCUT2D eigenvalue weighted by atomic mass is 10.1. The highest BCUT2D eigenvalue weighted by molar-refractivity contribution is 6.09. The number of esters is 1. The Morgan fingerprint density at radius 3 is 2.81 bits per heavy atom. The molecule has 0 bridgehead atoms. The molecular weight excluding hydrogens is 330 g/mol. The van der Waals surface area contributed by atoms with Crippen molar-refractivity contribution in [2.75, 3.05) is 11.9 Å². The van der Waals surface area contributed by atoms with Crippen molar-refractivity contribution in [3.63, 3.8) is 0 Å². The van der Waals surface area contributed by atoms with Gasteiger partial charge in [0.15, 0.2) is 0 Å². The molecule has 2 aromatic carbocycles. The van der Waals surface area contributed by atoms with Gasteiger partial charge in [-0.2, -0.15) is 0 Å². The monoisotopic (exact) mass is 349 g/mol. The molecule has 132 valence electrons. The van der Waals surface area contributed by atoms with Gasteiger partial charge in [-0.1, -0.05) is 17.7 Å². The number of rotatable bonds is 4. The Hall–Kier alpha value is -3.34. The maximum absolute atomic E-state index is 12.6. The van der Waals surface area contributed by atoms with Crippen LogP contribution >= 0.6 is 0 Å². The van der Waals surface area contributed by atoms with Gasteiger partial charge in [0, 0.05) is 16.8 Å². The average Bonchev–Trinajstić information content (AvgIpc) is 2.84. The van der Waals surface area contributed by atoms with Crippen molar-refractivity contribution in [3.8, 4) is 5.75 Å². The van der Waals surface area contributed by atoms with Gasteiger partial charge in [0.25, 0.3) is 5.91 Å². The first-order valence-electron chi connectivity index (χ1n) is 8.31. The number of hydrogen-bond donors (Lipinski definition) is 1. The van der Waals surface area contributed by atoms with Gasteiger partial charge in [-0.3, -0.25) is 4.79 Å². The van der Waals surface area contributed by atoms with E-state index in [9.17, 15) is 9.59 Å². The van der Waals surface area contributed by atoms with Crippen molar-refractivity contribution in [1.82, 2.24) is 0 Å². The third-order valence-electron chi connectivity index (χ3n) is 3.81. The summed E-state index contributed by atoms with van der Waals surface area (Å²) in [4.78, 5) is 24.4. The predicted octanol–water partition coefficient (Wildman–Crippen LogP) is 4.10. The molecule has 1 heterocycles. The molecule has 0 aliphatic carbocycles. The number of anilines is 1. The van der Waals surface area contributed by atoms with Crippen LogP contribution in [0.25, 0.3) is 6.08 Å². The van der Waals surface area contributed by atoms with Crippen molar-refractivity contribution in [1.29, 1.82) is 0 Å². The second kappa shape index (κ2) is 7.70. The smallest absolute Gasteiger partial charge is 0.338 e. The normalized spacial score (nSPS) is 12.3. The molecular formula is C21H19NO4. The summed E-state index contributed by atoms with van der Waals surface area (Å²) in [5.41, 5.74) is 3.27. The zero-order chi connectivity index (χ0) is 18.5. The summed E-state index contributed by atoms with van der Waals surface area (Å²) >= 11 is 0. The van der Waals surface area contributed by atoms with Crippen molar-refractivity contribution in [2.45, 2.75) is 13.8 Å². The van der Waals surface area contributed by atoms with Crippen LogP contribution in [-0.2, 0) is 9.53 Å². The molecule has 5 nitrogen and oxygen atoms in total. The first kappa shape index (κ1) is 17.5. The zero-order valence-electron chi connectivity index (χ0n) is 14.6. The average molecular weight is 349 g/mol. The Labute approximate surface area is 151 Å². The molecule has 0 atom stereocenters. The van der Waals surface area contributed by atoms with Gasteiger partial charge in [-0.25, -0.2) is 4.79 Å². The van der Waals surface area contributed by atoms with Crippen molar-refractivity contribution < 1.29 is 19.1 Å². The minimum Gasteiger partial charge on any atom is -0.464 e. The summed E-state index contributed by atoms with van der Waals surface area (Å²) in [6.45, 7) is 4.02. The Morgan fingerprint density at radius 1 is 1.15 bits per heavy atom. The Bertz CT molecular complexity index is 912. The van der Waals surface area contributed by atoms with E-state index in [1.54, 1.807) is 43.3 Å². The molecule has 0 spiro atoms. The van der Waals surface area contributed by atoms with Gasteiger partial charge in [-0.15, -0.1) is 0 Å². The van der Waals surface area contributed by atoms with Gasteiger partial charge in [0.1, 0.15) is 5.75 Å². The molecule has 26 heavy (non-hydrogen) atoms. The van der Waals surface area contributed by atoms with Gasteiger partial charge in [0.2, 0.25) is 0 Å². The number of hydrogen-bond acceptors (Lipinski definition) is 4. The maximum Gasteiger partial charge on any atom is 0.338 e. The molecule has 5 heteroatoms. The summed E-state index contributed by atoms with van der Waals surface area (Å²) < 4.78 is 10.5. The minimum absolute atomic E-state index is 0.291. The van der Waals surface area contributed by atoms with E-state index in [1.807, 2.05) is 25.1 Å². The number of ether oxygens (including phenoxy) is 2. The van der Waals surface area contributed by atoms with Crippen molar-refractivity contribution in [2.24, 2.45) is 0 Å². The molecule has 3 rings (SSSR count). The van der Waals surface area contributed by atoms with E-state index in [0.29, 0.717) is 29.2 Å². The van der Waals surface area contributed by atoms with Crippen LogP contribution in [0.15, 0.2) is 60.4 Å². The number of carbonyl (C=O) groups is 2. The van der Waals surface area contributed by atoms with E-state index >= 15 is 0 Å². The van der Waals surface area contributed by atoms with E-state index in [4.69, 9.17) is 9.47 Å². The molecule has 0 unspecified atom stereocenters. The van der Waals surface area contributed by atoms with E-state index in [-0.39, 0.29) is 5.91 Å². The quantitative estimate of drug-likeness (QED) is 0.844. The molecule has 1 amide bonds. The SMILES string of the molecule is CCOC(=O)c1cccc(NC(=O)C2=Cc3cc(C)ccc3OC=C2)c1. The standard InChI is InChI=1S/C21H19NO4/c1-3-25-21(24)16-5-4-6-18(13-16)22-20(23)15-9-10-26-19-8-7-14(2)11-17(19)12-15/h4-13H,3H2,1-2H3,(H,22,23). The fourth-order valence-corrected chi connectivity index (χ4v) is 2.57. The summed E-state index contributed by atoms with van der Waals surface area (Å²) in [5.74, 6) is -0.0193. The van der Waals surface area contributed by atoms with Crippen molar-refractivity contribution in [3.05, 3.63) is 77.1 Å². The lowest BCUT2D eigenvalue weighted by molar-refractivity contribution is -0.112. The van der Waals surface area contributed by atoms with Gasteiger partial charge in [-0.05, 0) is 56.3 Å². The third-order valence-corrected chi connectivity index (χ3v) is 3.81. The van der Waals surface area contributed by atoms with E-state index in [0.717, 1.165) is 11.1 Å². The highest BCUT2D eigenvalue weighted by Crippen LogP contribution is 2.26. The predicted molar refractivity (Wildman–Crippen MR) is 100.0 cm³/mol. The molecule has 0 fully saturated rings. The van der Waals surface area contributed by atoms with Gasteiger partial charge in [0.05, 0.1) is 18.4 Å². The van der Waals surface area contributed by atoms with Gasteiger partial charge >= 0.3 is 5.97 Å². The van der Waals surface area contributed by atoms with Crippen LogP contribution in [0.2, 0.25) is 0 Å². The number of fused-ring (bicyclic) bond motifs is 1. The first-order valence-corrected chi connectivity index (χ1v) is 8.31. The molecule has 1 N–H and O–H groups in total. The number of nitrogens with one attached hydrogen (secondary N) is 1. The Kier molecular flexibility index (Phi) is 5.17. The van der Waals surface area contributed by atoms with Crippen molar-refractivity contribution >= 4 is 23.6 Å². The van der Waals surface area contributed by atoms with Crippen LogP contribution in [0.1, 0.15) is 28.4 Å². The second-order valence-corrected chi connectivity index (χ2v) is 5.82. The van der Waals surface area contributed by atoms with Crippen LogP contribution in [0.4, 0.5) is 5.69 Å². The highest BCUT2D eigenvalue weighted by Gasteiger charge is 2.13. The molecule has 1 aliphatic rings. The topological polar surface area (TPSA) is 64.6 Å².